The average Bonchev–Trinajstić information content (AvgIpc) is 2.64. The molecule has 0 fully saturated rings. The lowest BCUT2D eigenvalue weighted by Gasteiger charge is -2.37. The second kappa shape index (κ2) is 11.7. The zero-order valence-electron chi connectivity index (χ0n) is 14.2. The number of methoxy groups -OCH3 is 3. The third-order valence-corrected chi connectivity index (χ3v) is 3.70. The molecule has 0 rings (SSSR count). The predicted molar refractivity (Wildman–Crippen MR) is 84.1 cm³/mol. The van der Waals surface area contributed by atoms with E-state index < -0.39 is 42.2 Å². The van der Waals surface area contributed by atoms with E-state index in [2.05, 4.69) is 29.5 Å². The summed E-state index contributed by atoms with van der Waals surface area (Å²) in [5.74, 6) is -3.03. The third kappa shape index (κ3) is 7.08. The van der Waals surface area contributed by atoms with Crippen LogP contribution >= 0.6 is 0 Å². The maximum absolute atomic E-state index is 12.4. The molecule has 0 radical (unpaired) electrons. The average molecular weight is 356 g/mol. The molecular formula is C13H20N6O6. The van der Waals surface area contributed by atoms with Gasteiger partial charge in [-0.25, -0.2) is 0 Å². The maximum Gasteiger partial charge on any atom is 0.306 e. The monoisotopic (exact) mass is 356 g/mol. The lowest BCUT2D eigenvalue weighted by molar-refractivity contribution is -0.153. The van der Waals surface area contributed by atoms with Gasteiger partial charge in [-0.15, -0.1) is 0 Å². The number of carbonyl (C=O) groups is 3. The Labute approximate surface area is 143 Å². The van der Waals surface area contributed by atoms with Crippen LogP contribution in [0.15, 0.2) is 10.2 Å². The van der Waals surface area contributed by atoms with Crippen LogP contribution in [0.1, 0.15) is 19.3 Å². The Morgan fingerprint density at radius 1 is 1.04 bits per heavy atom. The first-order chi connectivity index (χ1) is 11.9. The zero-order chi connectivity index (χ0) is 19.3. The molecule has 12 heteroatoms. The number of ketones is 1. The molecule has 0 saturated heterocycles. The highest BCUT2D eigenvalue weighted by atomic mass is 16.5. The number of ether oxygens (including phenoxy) is 3. The fraction of sp³-hybridized carbons (Fsp3) is 0.769. The molecule has 0 amide bonds. The van der Waals surface area contributed by atoms with Gasteiger partial charge in [-0.2, -0.15) is 0 Å². The summed E-state index contributed by atoms with van der Waals surface area (Å²) >= 11 is 0. The van der Waals surface area contributed by atoms with E-state index in [4.69, 9.17) is 15.8 Å². The SMILES string of the molecule is COC(=O)CCC(CN=[N+]=[N-])(OC)C(CC(=O)OC)C(=O)CN=[N+]=[N-]. The Balaban J connectivity index is 5.84. The van der Waals surface area contributed by atoms with Crippen molar-refractivity contribution in [2.75, 3.05) is 34.4 Å². The van der Waals surface area contributed by atoms with Gasteiger partial charge in [0.25, 0.3) is 0 Å². The molecule has 0 aliphatic carbocycles. The Morgan fingerprint density at radius 2 is 1.64 bits per heavy atom. The summed E-state index contributed by atoms with van der Waals surface area (Å²) in [6, 6.07) is 0. The number of nitrogens with zero attached hydrogens (tertiary/aromatic N) is 6. The number of esters is 2. The molecule has 0 N–H and O–H groups in total. The number of Topliss-reactive ketones (excluding diaryl/α,β-unsaturated/α-hetero) is 1. The molecule has 0 aromatic rings. The second-order valence-corrected chi connectivity index (χ2v) is 4.92. The molecule has 0 aromatic carbocycles. The third-order valence-electron chi connectivity index (χ3n) is 3.70. The van der Waals surface area contributed by atoms with Crippen LogP contribution in [0.3, 0.4) is 0 Å². The number of hydrogen-bond donors (Lipinski definition) is 0. The number of rotatable bonds is 12. The van der Waals surface area contributed by atoms with E-state index in [0.717, 1.165) is 7.11 Å². The van der Waals surface area contributed by atoms with Gasteiger partial charge in [-0.1, -0.05) is 10.2 Å². The standard InChI is InChI=1S/C13H20N6O6/c1-23-11(21)4-5-13(25-3,8-17-19-15)9(6-12(22)24-2)10(20)7-16-18-14/h9H,4-8H2,1-3H3. The molecule has 2 atom stereocenters. The highest BCUT2D eigenvalue weighted by Gasteiger charge is 2.44. The summed E-state index contributed by atoms with van der Waals surface area (Å²) in [5.41, 5.74) is 15.5. The van der Waals surface area contributed by atoms with Crippen molar-refractivity contribution < 1.29 is 28.6 Å². The van der Waals surface area contributed by atoms with Crippen LogP contribution in [0.5, 0.6) is 0 Å². The van der Waals surface area contributed by atoms with E-state index in [1.165, 1.54) is 14.2 Å². The van der Waals surface area contributed by atoms with Gasteiger partial charge in [0, 0.05) is 23.4 Å². The Morgan fingerprint density at radius 3 is 2.12 bits per heavy atom. The van der Waals surface area contributed by atoms with E-state index in [9.17, 15) is 14.4 Å². The molecule has 138 valence electrons. The maximum atomic E-state index is 12.4. The van der Waals surface area contributed by atoms with Crippen LogP contribution < -0.4 is 0 Å². The first-order valence-electron chi connectivity index (χ1n) is 7.14. The minimum Gasteiger partial charge on any atom is -0.469 e. The van der Waals surface area contributed by atoms with Crippen LogP contribution in [0.4, 0.5) is 0 Å². The van der Waals surface area contributed by atoms with E-state index in [-0.39, 0.29) is 19.4 Å². The fourth-order valence-corrected chi connectivity index (χ4v) is 2.29. The number of carbonyl (C=O) groups excluding carboxylic acids is 3. The molecule has 0 saturated carbocycles. The van der Waals surface area contributed by atoms with Gasteiger partial charge in [0.2, 0.25) is 0 Å². The van der Waals surface area contributed by atoms with Crippen molar-refractivity contribution in [1.29, 1.82) is 0 Å². The van der Waals surface area contributed by atoms with Gasteiger partial charge >= 0.3 is 11.9 Å². The molecule has 0 aromatic heterocycles. The molecule has 0 spiro atoms. The lowest BCUT2D eigenvalue weighted by atomic mass is 9.78. The Bertz CT molecular complexity index is 584. The van der Waals surface area contributed by atoms with Crippen LogP contribution in [0.25, 0.3) is 20.9 Å². The summed E-state index contributed by atoms with van der Waals surface area (Å²) in [6.45, 7) is -0.849. The Hall–Kier alpha value is -2.81. The summed E-state index contributed by atoms with van der Waals surface area (Å²) in [6.07, 6.45) is -0.594. The minimum atomic E-state index is -1.46. The van der Waals surface area contributed by atoms with Crippen molar-refractivity contribution in [3.05, 3.63) is 20.9 Å². The molecule has 25 heavy (non-hydrogen) atoms. The molecule has 0 aliphatic heterocycles. The van der Waals surface area contributed by atoms with E-state index in [0.29, 0.717) is 0 Å². The molecule has 12 nitrogen and oxygen atoms in total. The molecule has 2 unspecified atom stereocenters. The normalized spacial score (nSPS) is 13.4. The molecular weight excluding hydrogens is 336 g/mol. The van der Waals surface area contributed by atoms with Crippen LogP contribution in [0.2, 0.25) is 0 Å². The first-order valence-corrected chi connectivity index (χ1v) is 7.14. The zero-order valence-corrected chi connectivity index (χ0v) is 14.2. The van der Waals surface area contributed by atoms with Gasteiger partial charge in [0.1, 0.15) is 5.78 Å². The smallest absolute Gasteiger partial charge is 0.306 e. The van der Waals surface area contributed by atoms with E-state index >= 15 is 0 Å². The number of azide groups is 2. The molecule has 0 bridgehead atoms. The van der Waals surface area contributed by atoms with Crippen molar-refractivity contribution in [3.63, 3.8) is 0 Å². The first kappa shape index (κ1) is 22.2. The van der Waals surface area contributed by atoms with Gasteiger partial charge in [-0.05, 0) is 17.5 Å². The lowest BCUT2D eigenvalue weighted by Crippen LogP contribution is -2.49. The van der Waals surface area contributed by atoms with Crippen molar-refractivity contribution in [2.24, 2.45) is 16.1 Å². The highest BCUT2D eigenvalue weighted by Crippen LogP contribution is 2.32. The molecule has 0 heterocycles. The predicted octanol–water partition coefficient (Wildman–Crippen LogP) is 1.69. The van der Waals surface area contributed by atoms with Gasteiger partial charge in [-0.3, -0.25) is 14.4 Å². The van der Waals surface area contributed by atoms with Crippen LogP contribution in [-0.4, -0.2) is 57.7 Å². The number of hydrogen-bond acceptors (Lipinski definition) is 8. The summed E-state index contributed by atoms with van der Waals surface area (Å²) < 4.78 is 14.5. The second-order valence-electron chi connectivity index (χ2n) is 4.92. The van der Waals surface area contributed by atoms with Crippen molar-refractivity contribution >= 4 is 17.7 Å². The van der Waals surface area contributed by atoms with E-state index in [1.54, 1.807) is 0 Å². The molecule has 0 aliphatic rings. The van der Waals surface area contributed by atoms with E-state index in [1.807, 2.05) is 0 Å². The largest absolute Gasteiger partial charge is 0.469 e. The van der Waals surface area contributed by atoms with Crippen molar-refractivity contribution in [2.45, 2.75) is 24.9 Å². The fourth-order valence-electron chi connectivity index (χ4n) is 2.29. The van der Waals surface area contributed by atoms with Crippen LogP contribution in [-0.2, 0) is 28.6 Å². The highest BCUT2D eigenvalue weighted by molar-refractivity contribution is 5.88. The topological polar surface area (TPSA) is 176 Å². The summed E-state index contributed by atoms with van der Waals surface area (Å²) in [5, 5.41) is 6.62. The summed E-state index contributed by atoms with van der Waals surface area (Å²) in [4.78, 5) is 40.7. The van der Waals surface area contributed by atoms with Crippen molar-refractivity contribution in [1.82, 2.24) is 0 Å². The quantitative estimate of drug-likeness (QED) is 0.222. The van der Waals surface area contributed by atoms with Gasteiger partial charge < -0.3 is 14.2 Å². The van der Waals surface area contributed by atoms with Crippen molar-refractivity contribution in [3.8, 4) is 0 Å². The van der Waals surface area contributed by atoms with Crippen LogP contribution in [0, 0.1) is 5.92 Å². The van der Waals surface area contributed by atoms with Gasteiger partial charge in [0.05, 0.1) is 45.2 Å². The minimum absolute atomic E-state index is 0.0567. The summed E-state index contributed by atoms with van der Waals surface area (Å²) in [7, 11) is 3.60. The van der Waals surface area contributed by atoms with Gasteiger partial charge in [0.15, 0.2) is 0 Å². The Kier molecular flexibility index (Phi) is 10.4.